The zero-order chi connectivity index (χ0) is 12.3. The summed E-state index contributed by atoms with van der Waals surface area (Å²) in [5, 5.41) is 0. The molecular formula is C14H20O3. The van der Waals surface area contributed by atoms with Crippen LogP contribution >= 0.6 is 0 Å². The number of aryl methyl sites for hydroxylation is 1. The Bertz CT molecular complexity index is 381. The third kappa shape index (κ3) is 2.31. The van der Waals surface area contributed by atoms with Crippen LogP contribution < -0.4 is 4.74 Å². The molecule has 3 nitrogen and oxygen atoms in total. The lowest BCUT2D eigenvalue weighted by molar-refractivity contribution is -0.171. The maximum Gasteiger partial charge on any atom is 0.195 e. The van der Waals surface area contributed by atoms with Crippen LogP contribution in [0.4, 0.5) is 0 Å². The molecule has 0 amide bonds. The van der Waals surface area contributed by atoms with Crippen molar-refractivity contribution in [1.29, 1.82) is 0 Å². The van der Waals surface area contributed by atoms with Gasteiger partial charge < -0.3 is 14.2 Å². The average molecular weight is 236 g/mol. The largest absolute Gasteiger partial charge is 0.497 e. The molecule has 0 saturated carbocycles. The molecule has 94 valence electrons. The number of hydrogen-bond donors (Lipinski definition) is 0. The minimum Gasteiger partial charge on any atom is -0.497 e. The molecular weight excluding hydrogens is 216 g/mol. The van der Waals surface area contributed by atoms with Gasteiger partial charge in [-0.05, 0) is 30.7 Å². The first kappa shape index (κ1) is 12.4. The Hall–Kier alpha value is -1.06. The SMILES string of the molecule is CCCC1(c2ccc(OC)cc2C)OCCO1. The summed E-state index contributed by atoms with van der Waals surface area (Å²) in [5.74, 6) is 0.335. The summed E-state index contributed by atoms with van der Waals surface area (Å²) in [4.78, 5) is 0. The van der Waals surface area contributed by atoms with Gasteiger partial charge in [-0.25, -0.2) is 0 Å². The smallest absolute Gasteiger partial charge is 0.195 e. The van der Waals surface area contributed by atoms with Gasteiger partial charge in [0, 0.05) is 12.0 Å². The van der Waals surface area contributed by atoms with Gasteiger partial charge in [-0.1, -0.05) is 13.3 Å². The van der Waals surface area contributed by atoms with Gasteiger partial charge >= 0.3 is 0 Å². The molecule has 1 heterocycles. The van der Waals surface area contributed by atoms with Crippen molar-refractivity contribution in [3.8, 4) is 5.75 Å². The molecule has 3 heteroatoms. The van der Waals surface area contributed by atoms with Gasteiger partial charge in [0.2, 0.25) is 0 Å². The molecule has 1 fully saturated rings. The minimum atomic E-state index is -0.537. The Labute approximate surface area is 103 Å². The van der Waals surface area contributed by atoms with Crippen LogP contribution in [0, 0.1) is 6.92 Å². The van der Waals surface area contributed by atoms with Crippen molar-refractivity contribution < 1.29 is 14.2 Å². The van der Waals surface area contributed by atoms with Gasteiger partial charge in [0.1, 0.15) is 5.75 Å². The Balaban J connectivity index is 2.36. The second kappa shape index (κ2) is 5.07. The van der Waals surface area contributed by atoms with Gasteiger partial charge in [0.25, 0.3) is 0 Å². The van der Waals surface area contributed by atoms with E-state index < -0.39 is 5.79 Å². The van der Waals surface area contributed by atoms with Crippen LogP contribution in [0.2, 0.25) is 0 Å². The van der Waals surface area contributed by atoms with Crippen molar-refractivity contribution in [1.82, 2.24) is 0 Å². The monoisotopic (exact) mass is 236 g/mol. The average Bonchev–Trinajstić information content (AvgIpc) is 2.79. The third-order valence-electron chi connectivity index (χ3n) is 3.18. The van der Waals surface area contributed by atoms with Gasteiger partial charge in [0.05, 0.1) is 20.3 Å². The number of hydrogen-bond acceptors (Lipinski definition) is 3. The van der Waals surface area contributed by atoms with E-state index >= 15 is 0 Å². The molecule has 0 atom stereocenters. The van der Waals surface area contributed by atoms with Gasteiger partial charge in [-0.2, -0.15) is 0 Å². The molecule has 17 heavy (non-hydrogen) atoms. The fraction of sp³-hybridized carbons (Fsp3) is 0.571. The second-order valence-corrected chi connectivity index (χ2v) is 4.38. The van der Waals surface area contributed by atoms with Crippen LogP contribution in [0.5, 0.6) is 5.75 Å². The number of benzene rings is 1. The lowest BCUT2D eigenvalue weighted by Gasteiger charge is -2.29. The van der Waals surface area contributed by atoms with E-state index in [0.29, 0.717) is 13.2 Å². The molecule has 0 radical (unpaired) electrons. The molecule has 0 unspecified atom stereocenters. The second-order valence-electron chi connectivity index (χ2n) is 4.38. The van der Waals surface area contributed by atoms with E-state index in [1.54, 1.807) is 7.11 Å². The van der Waals surface area contributed by atoms with Crippen LogP contribution in [0.15, 0.2) is 18.2 Å². The number of methoxy groups -OCH3 is 1. The predicted octanol–water partition coefficient (Wildman–Crippen LogP) is 3.00. The molecule has 2 rings (SSSR count). The first-order valence-electron chi connectivity index (χ1n) is 6.15. The summed E-state index contributed by atoms with van der Waals surface area (Å²) >= 11 is 0. The van der Waals surface area contributed by atoms with Crippen molar-refractivity contribution in [2.75, 3.05) is 20.3 Å². The third-order valence-corrected chi connectivity index (χ3v) is 3.18. The van der Waals surface area contributed by atoms with Crippen LogP contribution in [0.3, 0.4) is 0 Å². The van der Waals surface area contributed by atoms with Crippen LogP contribution in [0.25, 0.3) is 0 Å². The van der Waals surface area contributed by atoms with E-state index in [1.165, 1.54) is 0 Å². The first-order valence-corrected chi connectivity index (χ1v) is 6.15. The van der Waals surface area contributed by atoms with E-state index in [0.717, 1.165) is 29.7 Å². The maximum absolute atomic E-state index is 5.86. The highest BCUT2D eigenvalue weighted by Crippen LogP contribution is 2.38. The quantitative estimate of drug-likeness (QED) is 0.804. The number of ether oxygens (including phenoxy) is 3. The standard InChI is InChI=1S/C14H20O3/c1-4-7-14(16-8-9-17-14)13-6-5-12(15-3)10-11(13)2/h5-6,10H,4,7-9H2,1-3H3. The van der Waals surface area contributed by atoms with Gasteiger partial charge in [-0.3, -0.25) is 0 Å². The van der Waals surface area contributed by atoms with Crippen LogP contribution in [-0.2, 0) is 15.3 Å². The Morgan fingerprint density at radius 1 is 1.29 bits per heavy atom. The molecule has 1 aromatic carbocycles. The van der Waals surface area contributed by atoms with Crippen molar-refractivity contribution in [3.63, 3.8) is 0 Å². The molecule has 0 bridgehead atoms. The first-order chi connectivity index (χ1) is 8.22. The zero-order valence-corrected chi connectivity index (χ0v) is 10.8. The summed E-state index contributed by atoms with van der Waals surface area (Å²) in [6.45, 7) is 5.56. The molecule has 0 aliphatic carbocycles. The lowest BCUT2D eigenvalue weighted by Crippen LogP contribution is -2.27. The summed E-state index contributed by atoms with van der Waals surface area (Å²) in [5.41, 5.74) is 2.28. The van der Waals surface area contributed by atoms with Crippen LogP contribution in [-0.4, -0.2) is 20.3 Å². The highest BCUT2D eigenvalue weighted by atomic mass is 16.7. The minimum absolute atomic E-state index is 0.537. The molecule has 1 aromatic rings. The van der Waals surface area contributed by atoms with E-state index in [1.807, 2.05) is 12.1 Å². The maximum atomic E-state index is 5.86. The molecule has 1 aliphatic rings. The van der Waals surface area contributed by atoms with Gasteiger partial charge in [0.15, 0.2) is 5.79 Å². The fourth-order valence-corrected chi connectivity index (χ4v) is 2.41. The molecule has 0 aromatic heterocycles. The summed E-state index contributed by atoms with van der Waals surface area (Å²) in [6, 6.07) is 6.04. The molecule has 0 spiro atoms. The van der Waals surface area contributed by atoms with Crippen LogP contribution in [0.1, 0.15) is 30.9 Å². The van der Waals surface area contributed by atoms with E-state index in [2.05, 4.69) is 19.9 Å². The molecule has 1 saturated heterocycles. The van der Waals surface area contributed by atoms with E-state index in [-0.39, 0.29) is 0 Å². The zero-order valence-electron chi connectivity index (χ0n) is 10.8. The molecule has 0 N–H and O–H groups in total. The Morgan fingerprint density at radius 3 is 2.53 bits per heavy atom. The van der Waals surface area contributed by atoms with Gasteiger partial charge in [-0.15, -0.1) is 0 Å². The summed E-state index contributed by atoms with van der Waals surface area (Å²) in [7, 11) is 1.68. The van der Waals surface area contributed by atoms with E-state index in [9.17, 15) is 0 Å². The Morgan fingerprint density at radius 2 is 2.00 bits per heavy atom. The Kier molecular flexibility index (Phi) is 3.69. The molecule has 1 aliphatic heterocycles. The fourth-order valence-electron chi connectivity index (χ4n) is 2.41. The summed E-state index contributed by atoms with van der Waals surface area (Å²) < 4.78 is 16.9. The van der Waals surface area contributed by atoms with Crippen molar-refractivity contribution in [2.24, 2.45) is 0 Å². The number of rotatable bonds is 4. The summed E-state index contributed by atoms with van der Waals surface area (Å²) in [6.07, 6.45) is 1.92. The van der Waals surface area contributed by atoms with Crippen molar-refractivity contribution >= 4 is 0 Å². The highest BCUT2D eigenvalue weighted by Gasteiger charge is 2.38. The predicted molar refractivity (Wildman–Crippen MR) is 66.2 cm³/mol. The lowest BCUT2D eigenvalue weighted by atomic mass is 9.96. The highest BCUT2D eigenvalue weighted by molar-refractivity contribution is 5.37. The van der Waals surface area contributed by atoms with Crippen molar-refractivity contribution in [3.05, 3.63) is 29.3 Å². The van der Waals surface area contributed by atoms with Crippen molar-refractivity contribution in [2.45, 2.75) is 32.5 Å². The van der Waals surface area contributed by atoms with E-state index in [4.69, 9.17) is 14.2 Å². The topological polar surface area (TPSA) is 27.7 Å². The normalized spacial score (nSPS) is 18.3.